The zero-order valence-electron chi connectivity index (χ0n) is 12.1. The zero-order chi connectivity index (χ0) is 14.5. The van der Waals surface area contributed by atoms with Crippen molar-refractivity contribution >= 4 is 5.84 Å². The van der Waals surface area contributed by atoms with Gasteiger partial charge in [-0.2, -0.15) is 0 Å². The first-order valence-electron chi connectivity index (χ1n) is 6.77. The molecule has 110 valence electrons. The highest BCUT2D eigenvalue weighted by molar-refractivity contribution is 5.79. The van der Waals surface area contributed by atoms with Crippen LogP contribution in [0.1, 0.15) is 18.5 Å². The van der Waals surface area contributed by atoms with Crippen molar-refractivity contribution in [2.45, 2.75) is 19.4 Å². The maximum atomic E-state index is 7.50. The van der Waals surface area contributed by atoms with Gasteiger partial charge in [-0.1, -0.05) is 0 Å². The molecule has 1 aliphatic heterocycles. The van der Waals surface area contributed by atoms with Gasteiger partial charge in [0.1, 0.15) is 5.69 Å². The first-order valence-corrected chi connectivity index (χ1v) is 6.77. The van der Waals surface area contributed by atoms with E-state index in [0.717, 1.165) is 38.2 Å². The van der Waals surface area contributed by atoms with Gasteiger partial charge >= 0.3 is 0 Å². The predicted molar refractivity (Wildman–Crippen MR) is 77.3 cm³/mol. The molecule has 6 heteroatoms. The number of amidine groups is 1. The van der Waals surface area contributed by atoms with E-state index < -0.39 is 0 Å². The Hall–Kier alpha value is -1.82. The van der Waals surface area contributed by atoms with Gasteiger partial charge < -0.3 is 15.2 Å². The van der Waals surface area contributed by atoms with E-state index in [0.29, 0.717) is 17.3 Å². The fraction of sp³-hybridized carbons (Fsp3) is 0.571. The lowest BCUT2D eigenvalue weighted by atomic mass is 9.96. The van der Waals surface area contributed by atoms with Crippen LogP contribution in [-0.4, -0.2) is 43.0 Å². The maximum absolute atomic E-state index is 7.50. The standard InChI is InChI=1S/C14H22N4O2/c1-19-12-3-6-17-11(13(12)20-2)9-18-7-4-10(5-8-18)14(15)16/h3,6,10H,4-5,7-9H2,1-2H3,(H3,15,16). The number of hydrogen-bond donors (Lipinski definition) is 2. The molecule has 1 aromatic heterocycles. The molecule has 0 bridgehead atoms. The van der Waals surface area contributed by atoms with Gasteiger partial charge in [0.15, 0.2) is 11.5 Å². The second-order valence-corrected chi connectivity index (χ2v) is 5.00. The number of piperidine rings is 1. The van der Waals surface area contributed by atoms with Gasteiger partial charge in [0.05, 0.1) is 20.1 Å². The Morgan fingerprint density at radius 1 is 1.40 bits per heavy atom. The van der Waals surface area contributed by atoms with Crippen molar-refractivity contribution in [3.05, 3.63) is 18.0 Å². The van der Waals surface area contributed by atoms with E-state index >= 15 is 0 Å². The predicted octanol–water partition coefficient (Wildman–Crippen LogP) is 1.25. The second-order valence-electron chi connectivity index (χ2n) is 5.00. The van der Waals surface area contributed by atoms with Gasteiger partial charge in [-0.05, 0) is 25.9 Å². The van der Waals surface area contributed by atoms with Gasteiger partial charge in [-0.3, -0.25) is 15.3 Å². The van der Waals surface area contributed by atoms with Crippen LogP contribution < -0.4 is 15.2 Å². The van der Waals surface area contributed by atoms with Crippen molar-refractivity contribution in [2.75, 3.05) is 27.3 Å². The molecule has 1 aromatic rings. The summed E-state index contributed by atoms with van der Waals surface area (Å²) in [5.41, 5.74) is 6.45. The summed E-state index contributed by atoms with van der Waals surface area (Å²) < 4.78 is 10.7. The van der Waals surface area contributed by atoms with Crippen molar-refractivity contribution in [2.24, 2.45) is 11.7 Å². The van der Waals surface area contributed by atoms with Crippen LogP contribution in [0.15, 0.2) is 12.3 Å². The molecule has 0 unspecified atom stereocenters. The van der Waals surface area contributed by atoms with Crippen LogP contribution in [0.4, 0.5) is 0 Å². The Morgan fingerprint density at radius 3 is 2.65 bits per heavy atom. The van der Waals surface area contributed by atoms with E-state index in [2.05, 4.69) is 9.88 Å². The molecular formula is C14H22N4O2. The van der Waals surface area contributed by atoms with Crippen LogP contribution in [0, 0.1) is 11.3 Å². The Morgan fingerprint density at radius 2 is 2.10 bits per heavy atom. The summed E-state index contributed by atoms with van der Waals surface area (Å²) in [5.74, 6) is 1.94. The van der Waals surface area contributed by atoms with E-state index in [4.69, 9.17) is 20.6 Å². The molecule has 0 spiro atoms. The van der Waals surface area contributed by atoms with Crippen molar-refractivity contribution < 1.29 is 9.47 Å². The van der Waals surface area contributed by atoms with E-state index in [9.17, 15) is 0 Å². The summed E-state index contributed by atoms with van der Waals surface area (Å²) in [7, 11) is 3.25. The number of nitrogens with zero attached hydrogens (tertiary/aromatic N) is 2. The molecule has 0 aliphatic carbocycles. The lowest BCUT2D eigenvalue weighted by Gasteiger charge is -2.31. The fourth-order valence-corrected chi connectivity index (χ4v) is 2.58. The lowest BCUT2D eigenvalue weighted by molar-refractivity contribution is 0.196. The van der Waals surface area contributed by atoms with Crippen molar-refractivity contribution in [3.8, 4) is 11.5 Å². The number of aromatic nitrogens is 1. The zero-order valence-corrected chi connectivity index (χ0v) is 12.1. The monoisotopic (exact) mass is 278 g/mol. The Balaban J connectivity index is 2.03. The first kappa shape index (κ1) is 14.6. The van der Waals surface area contributed by atoms with E-state index in [-0.39, 0.29) is 5.92 Å². The number of pyridine rings is 1. The van der Waals surface area contributed by atoms with Gasteiger partial charge in [0.25, 0.3) is 0 Å². The molecule has 1 aliphatic rings. The quantitative estimate of drug-likeness (QED) is 0.625. The third kappa shape index (κ3) is 3.19. The number of hydrogen-bond acceptors (Lipinski definition) is 5. The summed E-state index contributed by atoms with van der Waals surface area (Å²) in [4.78, 5) is 6.70. The highest BCUT2D eigenvalue weighted by Crippen LogP contribution is 2.30. The van der Waals surface area contributed by atoms with Crippen LogP contribution in [0.2, 0.25) is 0 Å². The second kappa shape index (κ2) is 6.56. The normalized spacial score (nSPS) is 16.9. The van der Waals surface area contributed by atoms with Gasteiger partial charge in [-0.15, -0.1) is 0 Å². The third-order valence-electron chi connectivity index (χ3n) is 3.77. The SMILES string of the molecule is COc1ccnc(CN2CCC(C(=N)N)CC2)c1OC. The summed E-state index contributed by atoms with van der Waals surface area (Å²) in [6.07, 6.45) is 3.60. The van der Waals surface area contributed by atoms with Crippen molar-refractivity contribution in [1.82, 2.24) is 9.88 Å². The van der Waals surface area contributed by atoms with E-state index in [1.165, 1.54) is 0 Å². The molecule has 0 amide bonds. The highest BCUT2D eigenvalue weighted by atomic mass is 16.5. The van der Waals surface area contributed by atoms with Crippen LogP contribution in [0.25, 0.3) is 0 Å². The molecule has 2 rings (SSSR count). The number of nitrogens with one attached hydrogen (secondary N) is 1. The van der Waals surface area contributed by atoms with Crippen molar-refractivity contribution in [1.29, 1.82) is 5.41 Å². The largest absolute Gasteiger partial charge is 0.493 e. The average Bonchev–Trinajstić information content (AvgIpc) is 2.47. The summed E-state index contributed by atoms with van der Waals surface area (Å²) >= 11 is 0. The molecule has 1 saturated heterocycles. The van der Waals surface area contributed by atoms with Crippen molar-refractivity contribution in [3.63, 3.8) is 0 Å². The molecule has 0 radical (unpaired) electrons. The van der Waals surface area contributed by atoms with Crippen LogP contribution >= 0.6 is 0 Å². The molecule has 20 heavy (non-hydrogen) atoms. The average molecular weight is 278 g/mol. The fourth-order valence-electron chi connectivity index (χ4n) is 2.58. The Kier molecular flexibility index (Phi) is 4.79. The lowest BCUT2D eigenvalue weighted by Crippen LogP contribution is -2.38. The third-order valence-corrected chi connectivity index (χ3v) is 3.77. The van der Waals surface area contributed by atoms with Gasteiger partial charge in [0, 0.05) is 24.7 Å². The Bertz CT molecular complexity index is 470. The number of ether oxygens (including phenoxy) is 2. The minimum absolute atomic E-state index is 0.228. The summed E-state index contributed by atoms with van der Waals surface area (Å²) in [6, 6.07) is 1.80. The van der Waals surface area contributed by atoms with Crippen LogP contribution in [0.3, 0.4) is 0 Å². The van der Waals surface area contributed by atoms with Crippen LogP contribution in [-0.2, 0) is 6.54 Å². The molecule has 0 atom stereocenters. The summed E-state index contributed by atoms with van der Waals surface area (Å²) in [5, 5.41) is 7.50. The minimum atomic E-state index is 0.228. The number of methoxy groups -OCH3 is 2. The smallest absolute Gasteiger partial charge is 0.183 e. The number of rotatable bonds is 5. The van der Waals surface area contributed by atoms with Gasteiger partial charge in [0.2, 0.25) is 0 Å². The number of likely N-dealkylation sites (tertiary alicyclic amines) is 1. The Labute approximate surface area is 119 Å². The molecule has 0 saturated carbocycles. The van der Waals surface area contributed by atoms with E-state index in [1.54, 1.807) is 26.5 Å². The number of nitrogens with two attached hydrogens (primary N) is 1. The minimum Gasteiger partial charge on any atom is -0.493 e. The molecule has 3 N–H and O–H groups in total. The topological polar surface area (TPSA) is 84.5 Å². The van der Waals surface area contributed by atoms with Crippen LogP contribution in [0.5, 0.6) is 11.5 Å². The highest BCUT2D eigenvalue weighted by Gasteiger charge is 2.23. The first-order chi connectivity index (χ1) is 9.65. The molecular weight excluding hydrogens is 256 g/mol. The van der Waals surface area contributed by atoms with Gasteiger partial charge in [-0.25, -0.2) is 0 Å². The molecule has 6 nitrogen and oxygen atoms in total. The molecule has 2 heterocycles. The van der Waals surface area contributed by atoms with E-state index in [1.807, 2.05) is 0 Å². The molecule has 0 aromatic carbocycles. The molecule has 1 fully saturated rings. The maximum Gasteiger partial charge on any atom is 0.183 e. The summed E-state index contributed by atoms with van der Waals surface area (Å²) in [6.45, 7) is 2.57.